The Bertz CT molecular complexity index is 1220. The van der Waals surface area contributed by atoms with E-state index in [1.807, 2.05) is 6.92 Å². The lowest BCUT2D eigenvalue weighted by molar-refractivity contribution is -0.139. The third kappa shape index (κ3) is 3.44. The van der Waals surface area contributed by atoms with Crippen molar-refractivity contribution in [1.82, 2.24) is 15.0 Å². The molecule has 0 fully saturated rings. The molecule has 0 spiro atoms. The maximum absolute atomic E-state index is 10.7. The largest absolute Gasteiger partial charge is 0.482 e. The highest BCUT2D eigenvalue weighted by Gasteiger charge is 2.16. The fourth-order valence-corrected chi connectivity index (χ4v) is 4.14. The van der Waals surface area contributed by atoms with Crippen LogP contribution in [0.4, 0.5) is 0 Å². The Hall–Kier alpha value is -2.97. The maximum Gasteiger partial charge on any atom is 0.341 e. The van der Waals surface area contributed by atoms with Crippen molar-refractivity contribution in [2.45, 2.75) is 6.92 Å². The van der Waals surface area contributed by atoms with Crippen molar-refractivity contribution in [3.63, 3.8) is 0 Å². The van der Waals surface area contributed by atoms with E-state index in [1.54, 1.807) is 30.5 Å². The SMILES string of the molecule is COc1cnc2c(-c3nc4c(C)cc(OCC(=O)O)cc4s3)cc(Cl)cc2n1. The zero-order valence-corrected chi connectivity index (χ0v) is 16.5. The number of thiazole rings is 1. The van der Waals surface area contributed by atoms with Crippen molar-refractivity contribution in [2.75, 3.05) is 13.7 Å². The van der Waals surface area contributed by atoms with E-state index >= 15 is 0 Å². The molecule has 0 radical (unpaired) electrons. The number of carboxylic acids is 1. The van der Waals surface area contributed by atoms with Gasteiger partial charge in [-0.1, -0.05) is 11.6 Å². The Balaban J connectivity index is 1.85. The number of methoxy groups -OCH3 is 1. The quantitative estimate of drug-likeness (QED) is 0.518. The van der Waals surface area contributed by atoms with Gasteiger partial charge < -0.3 is 14.6 Å². The lowest BCUT2D eigenvalue weighted by Gasteiger charge is -2.05. The highest BCUT2D eigenvalue weighted by atomic mass is 35.5. The average molecular weight is 416 g/mol. The second kappa shape index (κ2) is 7.21. The van der Waals surface area contributed by atoms with Gasteiger partial charge in [0.1, 0.15) is 10.8 Å². The zero-order valence-electron chi connectivity index (χ0n) is 14.9. The molecule has 2 heterocycles. The van der Waals surface area contributed by atoms with Crippen LogP contribution >= 0.6 is 22.9 Å². The molecule has 2 aromatic carbocycles. The summed E-state index contributed by atoms with van der Waals surface area (Å²) in [4.78, 5) is 24.3. The minimum Gasteiger partial charge on any atom is -0.482 e. The number of ether oxygens (including phenoxy) is 2. The number of carboxylic acid groups (broad SMARTS) is 1. The Kier molecular flexibility index (Phi) is 4.74. The predicted molar refractivity (Wildman–Crippen MR) is 108 cm³/mol. The first-order valence-corrected chi connectivity index (χ1v) is 9.40. The van der Waals surface area contributed by atoms with Crippen LogP contribution in [-0.2, 0) is 4.79 Å². The van der Waals surface area contributed by atoms with Gasteiger partial charge in [0.15, 0.2) is 6.61 Å². The van der Waals surface area contributed by atoms with E-state index in [0.717, 1.165) is 26.4 Å². The molecule has 0 saturated carbocycles. The molecule has 1 N–H and O–H groups in total. The minimum absolute atomic E-state index is 0.396. The number of aliphatic carboxylic acids is 1. The monoisotopic (exact) mass is 415 g/mol. The highest BCUT2D eigenvalue weighted by Crippen LogP contribution is 2.38. The lowest BCUT2D eigenvalue weighted by Crippen LogP contribution is -2.09. The van der Waals surface area contributed by atoms with Crippen LogP contribution in [-0.4, -0.2) is 39.7 Å². The number of benzene rings is 2. The summed E-state index contributed by atoms with van der Waals surface area (Å²) in [7, 11) is 1.53. The number of nitrogens with zero attached hydrogens (tertiary/aromatic N) is 3. The number of halogens is 1. The van der Waals surface area contributed by atoms with Gasteiger partial charge in [0.2, 0.25) is 5.88 Å². The third-order valence-electron chi connectivity index (χ3n) is 4.05. The van der Waals surface area contributed by atoms with Crippen LogP contribution in [0, 0.1) is 6.92 Å². The first-order valence-electron chi connectivity index (χ1n) is 8.21. The Morgan fingerprint density at radius 1 is 1.21 bits per heavy atom. The second-order valence-electron chi connectivity index (χ2n) is 6.02. The van der Waals surface area contributed by atoms with Gasteiger partial charge in [-0.15, -0.1) is 11.3 Å². The summed E-state index contributed by atoms with van der Waals surface area (Å²) in [6.07, 6.45) is 1.55. The molecule has 0 aliphatic carbocycles. The minimum atomic E-state index is -1.03. The normalized spacial score (nSPS) is 11.1. The molecule has 142 valence electrons. The van der Waals surface area contributed by atoms with E-state index in [9.17, 15) is 4.79 Å². The first-order chi connectivity index (χ1) is 13.4. The zero-order chi connectivity index (χ0) is 19.8. The summed E-state index contributed by atoms with van der Waals surface area (Å²) < 4.78 is 11.3. The van der Waals surface area contributed by atoms with Crippen molar-refractivity contribution >= 4 is 50.2 Å². The summed E-state index contributed by atoms with van der Waals surface area (Å²) in [5.74, 6) is -0.133. The van der Waals surface area contributed by atoms with Gasteiger partial charge in [0, 0.05) is 10.6 Å². The van der Waals surface area contributed by atoms with Crippen LogP contribution in [0.3, 0.4) is 0 Å². The number of fused-ring (bicyclic) bond motifs is 2. The van der Waals surface area contributed by atoms with Gasteiger partial charge in [0.25, 0.3) is 0 Å². The fourth-order valence-electron chi connectivity index (χ4n) is 2.84. The molecular weight excluding hydrogens is 402 g/mol. The van der Waals surface area contributed by atoms with Gasteiger partial charge in [-0.3, -0.25) is 0 Å². The molecule has 28 heavy (non-hydrogen) atoms. The predicted octanol–water partition coefficient (Wildman–Crippen LogP) is 4.34. The molecule has 0 bridgehead atoms. The Morgan fingerprint density at radius 3 is 2.79 bits per heavy atom. The van der Waals surface area contributed by atoms with Gasteiger partial charge in [0.05, 0.1) is 34.6 Å². The molecule has 9 heteroatoms. The smallest absolute Gasteiger partial charge is 0.341 e. The van der Waals surface area contributed by atoms with E-state index < -0.39 is 12.6 Å². The van der Waals surface area contributed by atoms with Gasteiger partial charge in [-0.25, -0.2) is 19.7 Å². The molecule has 4 aromatic rings. The topological polar surface area (TPSA) is 94.4 Å². The molecule has 0 aliphatic rings. The number of hydrogen-bond acceptors (Lipinski definition) is 7. The molecule has 0 amide bonds. The van der Waals surface area contributed by atoms with E-state index in [1.165, 1.54) is 18.4 Å². The molecule has 4 rings (SSSR count). The van der Waals surface area contributed by atoms with Crippen LogP contribution in [0.5, 0.6) is 11.6 Å². The molecule has 7 nitrogen and oxygen atoms in total. The standard InChI is InChI=1S/C19H14ClN3O4S/c1-9-3-11(27-8-16(24)25)6-14-17(9)23-19(28-14)12-4-10(20)5-13-18(12)21-7-15(22-13)26-2/h3-7H,8H2,1-2H3,(H,24,25). The molecule has 0 atom stereocenters. The van der Waals surface area contributed by atoms with Crippen LogP contribution < -0.4 is 9.47 Å². The van der Waals surface area contributed by atoms with Crippen LogP contribution in [0.1, 0.15) is 5.56 Å². The van der Waals surface area contributed by atoms with E-state index in [2.05, 4.69) is 9.97 Å². The third-order valence-corrected chi connectivity index (χ3v) is 5.30. The number of carbonyl (C=O) groups is 1. The molecule has 0 aliphatic heterocycles. The lowest BCUT2D eigenvalue weighted by atomic mass is 10.1. The van der Waals surface area contributed by atoms with Crippen LogP contribution in [0.15, 0.2) is 30.5 Å². The van der Waals surface area contributed by atoms with Crippen LogP contribution in [0.25, 0.3) is 31.8 Å². The van der Waals surface area contributed by atoms with Gasteiger partial charge in [-0.2, -0.15) is 0 Å². The molecule has 0 unspecified atom stereocenters. The molecular formula is C19H14ClN3O4S. The number of rotatable bonds is 5. The van der Waals surface area contributed by atoms with Crippen molar-refractivity contribution in [2.24, 2.45) is 0 Å². The van der Waals surface area contributed by atoms with Gasteiger partial charge >= 0.3 is 5.97 Å². The summed E-state index contributed by atoms with van der Waals surface area (Å²) in [6, 6.07) is 7.09. The van der Waals surface area contributed by atoms with E-state index in [-0.39, 0.29) is 0 Å². The summed E-state index contributed by atoms with van der Waals surface area (Å²) in [6.45, 7) is 1.51. The Labute approximate surface area is 168 Å². The summed E-state index contributed by atoms with van der Waals surface area (Å²) in [5, 5.41) is 10.1. The number of aryl methyl sites for hydroxylation is 1. The van der Waals surface area contributed by atoms with Crippen molar-refractivity contribution in [3.8, 4) is 22.2 Å². The maximum atomic E-state index is 10.7. The van der Waals surface area contributed by atoms with Crippen molar-refractivity contribution in [3.05, 3.63) is 41.0 Å². The average Bonchev–Trinajstić information content (AvgIpc) is 3.09. The Morgan fingerprint density at radius 2 is 2.04 bits per heavy atom. The molecule has 2 aromatic heterocycles. The fraction of sp³-hybridized carbons (Fsp3) is 0.158. The van der Waals surface area contributed by atoms with E-state index in [4.69, 9.17) is 31.2 Å². The van der Waals surface area contributed by atoms with E-state index in [0.29, 0.717) is 27.7 Å². The summed E-state index contributed by atoms with van der Waals surface area (Å²) in [5.41, 5.74) is 3.76. The first kappa shape index (κ1) is 18.4. The highest BCUT2D eigenvalue weighted by molar-refractivity contribution is 7.21. The number of aromatic nitrogens is 3. The molecule has 0 saturated heterocycles. The van der Waals surface area contributed by atoms with Crippen molar-refractivity contribution in [1.29, 1.82) is 0 Å². The van der Waals surface area contributed by atoms with Gasteiger partial charge in [-0.05, 0) is 36.8 Å². The number of hydrogen-bond donors (Lipinski definition) is 1. The van der Waals surface area contributed by atoms with Crippen molar-refractivity contribution < 1.29 is 19.4 Å². The van der Waals surface area contributed by atoms with Crippen LogP contribution in [0.2, 0.25) is 5.02 Å². The second-order valence-corrected chi connectivity index (χ2v) is 7.49. The summed E-state index contributed by atoms with van der Waals surface area (Å²) >= 11 is 7.74.